The first-order chi connectivity index (χ1) is 11.7. The van der Waals surface area contributed by atoms with Crippen molar-refractivity contribution >= 4 is 16.9 Å². The number of rotatable bonds is 3. The van der Waals surface area contributed by atoms with Crippen LogP contribution in [0, 0.1) is 0 Å². The molecule has 1 N–H and O–H groups in total. The Labute approximate surface area is 144 Å². The minimum atomic E-state index is -1.28. The quantitative estimate of drug-likeness (QED) is 0.523. The molecule has 6 nitrogen and oxygen atoms in total. The number of aliphatic hydroxyl groups is 1. The van der Waals surface area contributed by atoms with Gasteiger partial charge in [0.25, 0.3) is 6.29 Å². The molecule has 0 saturated carbocycles. The zero-order valence-corrected chi connectivity index (χ0v) is 14.5. The summed E-state index contributed by atoms with van der Waals surface area (Å²) in [5, 5.41) is 11.4. The van der Waals surface area contributed by atoms with Crippen LogP contribution in [0.15, 0.2) is 45.1 Å². The maximum absolute atomic E-state index is 12.1. The molecule has 0 saturated heterocycles. The third-order valence-corrected chi connectivity index (χ3v) is 4.35. The first kappa shape index (κ1) is 17.2. The topological polar surface area (TPSA) is 86.0 Å². The average molecular weight is 344 g/mol. The Bertz CT molecular complexity index is 916. The normalized spacial score (nSPS) is 20.3. The molecule has 25 heavy (non-hydrogen) atoms. The summed E-state index contributed by atoms with van der Waals surface area (Å²) in [5.41, 5.74) is -0.481. The van der Waals surface area contributed by atoms with E-state index in [-0.39, 0.29) is 0 Å². The number of allylic oxidation sites excluding steroid dienone is 1. The summed E-state index contributed by atoms with van der Waals surface area (Å²) in [7, 11) is 0. The second-order valence-corrected chi connectivity index (χ2v) is 6.64. The third-order valence-electron chi connectivity index (χ3n) is 4.35. The molecular weight excluding hydrogens is 324 g/mol. The van der Waals surface area contributed by atoms with Crippen molar-refractivity contribution in [1.29, 1.82) is 0 Å². The van der Waals surface area contributed by atoms with Crippen LogP contribution in [0.3, 0.4) is 0 Å². The monoisotopic (exact) mass is 344 g/mol. The lowest BCUT2D eigenvalue weighted by Gasteiger charge is -2.29. The summed E-state index contributed by atoms with van der Waals surface area (Å²) >= 11 is 0. The van der Waals surface area contributed by atoms with Gasteiger partial charge in [-0.2, -0.15) is 0 Å². The van der Waals surface area contributed by atoms with Gasteiger partial charge in [-0.25, -0.2) is 9.59 Å². The fraction of sp³-hybridized carbons (Fsp3) is 0.368. The number of hydrogen-bond acceptors (Lipinski definition) is 6. The Hall–Kier alpha value is -2.60. The molecule has 0 unspecified atom stereocenters. The lowest BCUT2D eigenvalue weighted by Crippen LogP contribution is -2.39. The van der Waals surface area contributed by atoms with Crippen molar-refractivity contribution in [2.45, 2.75) is 45.5 Å². The molecule has 1 aromatic carbocycles. The number of fused-ring (bicyclic) bond motifs is 3. The highest BCUT2D eigenvalue weighted by Gasteiger charge is 2.47. The van der Waals surface area contributed by atoms with Gasteiger partial charge in [0.15, 0.2) is 0 Å². The molecule has 0 radical (unpaired) electrons. The van der Waals surface area contributed by atoms with Crippen LogP contribution in [0.25, 0.3) is 11.0 Å². The molecule has 0 bridgehead atoms. The molecule has 1 aliphatic rings. The molecule has 1 aromatic heterocycles. The lowest BCUT2D eigenvalue weighted by molar-refractivity contribution is -0.165. The lowest BCUT2D eigenvalue weighted by atomic mass is 9.84. The van der Waals surface area contributed by atoms with Crippen molar-refractivity contribution in [3.05, 3.63) is 51.9 Å². The van der Waals surface area contributed by atoms with Crippen LogP contribution in [0.4, 0.5) is 0 Å². The van der Waals surface area contributed by atoms with Crippen LogP contribution in [0.2, 0.25) is 0 Å². The fourth-order valence-corrected chi connectivity index (χ4v) is 2.96. The van der Waals surface area contributed by atoms with Crippen molar-refractivity contribution in [3.63, 3.8) is 0 Å². The number of carbonyl (C=O) groups excluding carboxylic acids is 1. The SMILES string of the molecule is C/C=C(/C)C(=O)O[C@H]1Oc2ccc3ccc(=O)oc3c2[C@H]1C(C)(C)O. The number of benzene rings is 1. The van der Waals surface area contributed by atoms with Crippen LogP contribution in [-0.4, -0.2) is 23.0 Å². The minimum Gasteiger partial charge on any atom is -0.454 e. The molecule has 0 amide bonds. The highest BCUT2D eigenvalue weighted by atomic mass is 16.7. The van der Waals surface area contributed by atoms with E-state index in [1.165, 1.54) is 6.07 Å². The molecule has 2 heterocycles. The summed E-state index contributed by atoms with van der Waals surface area (Å²) in [6.07, 6.45) is 0.617. The molecule has 3 rings (SSSR count). The van der Waals surface area contributed by atoms with Crippen molar-refractivity contribution in [2.75, 3.05) is 0 Å². The van der Waals surface area contributed by atoms with E-state index in [0.717, 1.165) is 0 Å². The van der Waals surface area contributed by atoms with E-state index in [0.29, 0.717) is 27.9 Å². The largest absolute Gasteiger partial charge is 0.454 e. The van der Waals surface area contributed by atoms with Crippen LogP contribution < -0.4 is 10.4 Å². The Kier molecular flexibility index (Phi) is 4.16. The van der Waals surface area contributed by atoms with Gasteiger partial charge in [-0.05, 0) is 45.9 Å². The Morgan fingerprint density at radius 3 is 2.60 bits per heavy atom. The minimum absolute atomic E-state index is 0.332. The van der Waals surface area contributed by atoms with Crippen molar-refractivity contribution < 1.29 is 23.8 Å². The Morgan fingerprint density at radius 2 is 1.96 bits per heavy atom. The van der Waals surface area contributed by atoms with Gasteiger partial charge >= 0.3 is 11.6 Å². The van der Waals surface area contributed by atoms with E-state index >= 15 is 0 Å². The standard InChI is InChI=1S/C19H20O6/c1-5-10(2)17(21)25-18-15(19(3,4)22)14-12(23-18)8-6-11-7-9-13(20)24-16(11)14/h5-9,15,18,22H,1-4H3/b10-5-/t15-,18-/m1/s1. The van der Waals surface area contributed by atoms with Crippen LogP contribution in [0.1, 0.15) is 39.2 Å². The van der Waals surface area contributed by atoms with Gasteiger partial charge in [0.2, 0.25) is 0 Å². The van der Waals surface area contributed by atoms with Gasteiger partial charge in [0.05, 0.1) is 17.1 Å². The zero-order chi connectivity index (χ0) is 18.4. The molecule has 132 valence electrons. The maximum atomic E-state index is 12.1. The van der Waals surface area contributed by atoms with Gasteiger partial charge in [0.1, 0.15) is 11.3 Å². The number of ether oxygens (including phenoxy) is 2. The molecular formula is C19H20O6. The number of hydrogen-bond donors (Lipinski definition) is 1. The second kappa shape index (κ2) is 6.04. The van der Waals surface area contributed by atoms with E-state index in [2.05, 4.69) is 0 Å². The van der Waals surface area contributed by atoms with E-state index in [4.69, 9.17) is 13.9 Å². The van der Waals surface area contributed by atoms with Gasteiger partial charge in [0, 0.05) is 17.0 Å². The molecule has 1 aliphatic heterocycles. The summed E-state index contributed by atoms with van der Waals surface area (Å²) in [6, 6.07) is 6.44. The van der Waals surface area contributed by atoms with Crippen LogP contribution in [-0.2, 0) is 9.53 Å². The van der Waals surface area contributed by atoms with Crippen molar-refractivity contribution in [3.8, 4) is 5.75 Å². The Morgan fingerprint density at radius 1 is 1.28 bits per heavy atom. The van der Waals surface area contributed by atoms with Crippen molar-refractivity contribution in [2.24, 2.45) is 0 Å². The highest BCUT2D eigenvalue weighted by Crippen LogP contribution is 2.47. The summed E-state index contributed by atoms with van der Waals surface area (Å²) in [5.74, 6) is -0.810. The molecule has 2 atom stereocenters. The zero-order valence-electron chi connectivity index (χ0n) is 14.5. The second-order valence-electron chi connectivity index (χ2n) is 6.64. The highest BCUT2D eigenvalue weighted by molar-refractivity contribution is 5.88. The van der Waals surface area contributed by atoms with Crippen LogP contribution >= 0.6 is 0 Å². The molecule has 2 aromatic rings. The van der Waals surface area contributed by atoms with Gasteiger partial charge in [-0.1, -0.05) is 6.08 Å². The molecule has 6 heteroatoms. The first-order valence-electron chi connectivity index (χ1n) is 8.02. The van der Waals surface area contributed by atoms with E-state index in [9.17, 15) is 14.7 Å². The number of carbonyl (C=O) groups is 1. The van der Waals surface area contributed by atoms with Crippen molar-refractivity contribution in [1.82, 2.24) is 0 Å². The summed E-state index contributed by atoms with van der Waals surface area (Å²) in [4.78, 5) is 23.8. The van der Waals surface area contributed by atoms with Gasteiger partial charge < -0.3 is 19.0 Å². The van der Waals surface area contributed by atoms with E-state index in [1.807, 2.05) is 0 Å². The smallest absolute Gasteiger partial charge is 0.336 e. The first-order valence-corrected chi connectivity index (χ1v) is 8.02. The average Bonchev–Trinajstić information content (AvgIpc) is 2.92. The predicted octanol–water partition coefficient (Wildman–Crippen LogP) is 2.88. The fourth-order valence-electron chi connectivity index (χ4n) is 2.96. The maximum Gasteiger partial charge on any atom is 0.336 e. The van der Waals surface area contributed by atoms with E-state index < -0.39 is 29.4 Å². The summed E-state index contributed by atoms with van der Waals surface area (Å²) < 4.78 is 16.6. The van der Waals surface area contributed by atoms with Crippen LogP contribution in [0.5, 0.6) is 5.75 Å². The molecule has 0 fully saturated rings. The predicted molar refractivity (Wildman–Crippen MR) is 91.5 cm³/mol. The third kappa shape index (κ3) is 3.05. The van der Waals surface area contributed by atoms with Gasteiger partial charge in [-0.15, -0.1) is 0 Å². The molecule has 0 aliphatic carbocycles. The van der Waals surface area contributed by atoms with Gasteiger partial charge in [-0.3, -0.25) is 0 Å². The summed E-state index contributed by atoms with van der Waals surface area (Å²) in [6.45, 7) is 6.56. The Balaban J connectivity index is 2.13. The number of esters is 1. The molecule has 0 spiro atoms. The van der Waals surface area contributed by atoms with E-state index in [1.54, 1.807) is 52.0 Å².